The van der Waals surface area contributed by atoms with Crippen molar-refractivity contribution in [3.63, 3.8) is 0 Å². The predicted molar refractivity (Wildman–Crippen MR) is 43.8 cm³/mol. The molecule has 54 valence electrons. The van der Waals surface area contributed by atoms with Gasteiger partial charge in [-0.15, -0.1) is 0 Å². The van der Waals surface area contributed by atoms with Crippen LogP contribution in [0, 0.1) is 11.3 Å². The Kier molecular flexibility index (Phi) is 1.70. The Labute approximate surface area is 61.2 Å². The summed E-state index contributed by atoms with van der Waals surface area (Å²) >= 11 is 0. The Bertz CT molecular complexity index is 221. The maximum absolute atomic E-state index is 7.37. The quantitative estimate of drug-likeness (QED) is 0.572. The molecule has 0 aromatic carbocycles. The van der Waals surface area contributed by atoms with Crippen LogP contribution in [-0.4, -0.2) is 11.4 Å². The molecule has 0 unspecified atom stereocenters. The molecule has 2 nitrogen and oxygen atoms in total. The summed E-state index contributed by atoms with van der Waals surface area (Å²) in [6, 6.07) is 0. The van der Waals surface area contributed by atoms with Crippen molar-refractivity contribution in [3.8, 4) is 0 Å². The van der Waals surface area contributed by atoms with E-state index in [0.717, 1.165) is 11.4 Å². The van der Waals surface area contributed by atoms with Crippen molar-refractivity contribution < 1.29 is 0 Å². The van der Waals surface area contributed by atoms with E-state index in [2.05, 4.69) is 18.8 Å². The van der Waals surface area contributed by atoms with Gasteiger partial charge < -0.3 is 0 Å². The van der Waals surface area contributed by atoms with Crippen LogP contribution in [0.4, 0.5) is 0 Å². The number of hydrogen-bond acceptors (Lipinski definition) is 2. The lowest BCUT2D eigenvalue weighted by atomic mass is 10.1. The molecule has 0 aromatic heterocycles. The molecule has 1 N–H and O–H groups in total. The van der Waals surface area contributed by atoms with Crippen molar-refractivity contribution in [1.29, 1.82) is 5.41 Å². The van der Waals surface area contributed by atoms with Crippen LogP contribution in [0.2, 0.25) is 0 Å². The molecule has 0 saturated carbocycles. The third-order valence-electron chi connectivity index (χ3n) is 1.57. The minimum absolute atomic E-state index is 0.442. The van der Waals surface area contributed by atoms with E-state index in [-0.39, 0.29) is 0 Å². The minimum atomic E-state index is 0.442. The molecule has 1 heterocycles. The molecule has 0 amide bonds. The van der Waals surface area contributed by atoms with Crippen molar-refractivity contribution in [1.82, 2.24) is 0 Å². The zero-order chi connectivity index (χ0) is 7.72. The van der Waals surface area contributed by atoms with Gasteiger partial charge in [0.2, 0.25) is 0 Å². The molecule has 0 bridgehead atoms. The van der Waals surface area contributed by atoms with E-state index >= 15 is 0 Å². The van der Waals surface area contributed by atoms with Crippen LogP contribution in [0.5, 0.6) is 0 Å². The second-order valence-electron chi connectivity index (χ2n) is 2.83. The highest BCUT2D eigenvalue weighted by molar-refractivity contribution is 6.46. The summed E-state index contributed by atoms with van der Waals surface area (Å²) in [6.45, 7) is 6.04. The predicted octanol–water partition coefficient (Wildman–Crippen LogP) is 2.02. The Morgan fingerprint density at radius 1 is 1.50 bits per heavy atom. The first kappa shape index (κ1) is 7.19. The van der Waals surface area contributed by atoms with E-state index in [1.807, 2.05) is 13.0 Å². The van der Waals surface area contributed by atoms with Crippen molar-refractivity contribution in [2.24, 2.45) is 10.9 Å². The first-order valence-corrected chi connectivity index (χ1v) is 3.47. The number of rotatable bonds is 1. The van der Waals surface area contributed by atoms with Gasteiger partial charge in [-0.2, -0.15) is 0 Å². The van der Waals surface area contributed by atoms with E-state index < -0.39 is 0 Å². The van der Waals surface area contributed by atoms with Crippen LogP contribution >= 0.6 is 0 Å². The molecule has 0 fully saturated rings. The van der Waals surface area contributed by atoms with E-state index in [1.165, 1.54) is 0 Å². The molecular weight excluding hydrogens is 124 g/mol. The van der Waals surface area contributed by atoms with Crippen molar-refractivity contribution in [2.75, 3.05) is 0 Å². The van der Waals surface area contributed by atoms with Crippen LogP contribution in [0.25, 0.3) is 0 Å². The maximum atomic E-state index is 7.37. The van der Waals surface area contributed by atoms with Crippen molar-refractivity contribution in [2.45, 2.75) is 20.8 Å². The monoisotopic (exact) mass is 136 g/mol. The summed E-state index contributed by atoms with van der Waals surface area (Å²) in [4.78, 5) is 4.22. The fourth-order valence-electron chi connectivity index (χ4n) is 0.834. The zero-order valence-electron chi connectivity index (χ0n) is 6.60. The molecule has 1 aliphatic heterocycles. The lowest BCUT2D eigenvalue weighted by molar-refractivity contribution is 0.762. The number of allylic oxidation sites excluding steroid dienone is 2. The molecule has 2 heteroatoms. The lowest BCUT2D eigenvalue weighted by Crippen LogP contribution is -1.98. The normalized spacial score (nSPS) is 17.8. The van der Waals surface area contributed by atoms with Gasteiger partial charge in [0.05, 0.1) is 11.4 Å². The van der Waals surface area contributed by atoms with E-state index in [1.54, 1.807) is 0 Å². The maximum Gasteiger partial charge on any atom is 0.0770 e. The van der Waals surface area contributed by atoms with Gasteiger partial charge in [-0.25, -0.2) is 0 Å². The van der Waals surface area contributed by atoms with E-state index in [9.17, 15) is 0 Å². The van der Waals surface area contributed by atoms with E-state index in [4.69, 9.17) is 5.41 Å². The number of nitrogens with one attached hydrogen (secondary N) is 1. The summed E-state index contributed by atoms with van der Waals surface area (Å²) in [5.74, 6) is 0.442. The summed E-state index contributed by atoms with van der Waals surface area (Å²) in [5, 5.41) is 7.37. The first-order valence-electron chi connectivity index (χ1n) is 3.47. The summed E-state index contributed by atoms with van der Waals surface area (Å²) < 4.78 is 0. The Balaban J connectivity index is 2.85. The average Bonchev–Trinajstić information content (AvgIpc) is 2.13. The second-order valence-corrected chi connectivity index (χ2v) is 2.83. The topological polar surface area (TPSA) is 36.2 Å². The third kappa shape index (κ3) is 1.15. The van der Waals surface area contributed by atoms with Gasteiger partial charge in [0.25, 0.3) is 0 Å². The molecule has 0 saturated heterocycles. The van der Waals surface area contributed by atoms with Crippen LogP contribution in [0.15, 0.2) is 16.8 Å². The SMILES string of the molecule is CC1=NC(C(C)C)=CC1=N. The summed E-state index contributed by atoms with van der Waals surface area (Å²) in [7, 11) is 0. The van der Waals surface area contributed by atoms with Crippen molar-refractivity contribution >= 4 is 11.4 Å². The fraction of sp³-hybridized carbons (Fsp3) is 0.500. The number of nitrogens with zero attached hydrogens (tertiary/aromatic N) is 1. The molecule has 1 aliphatic rings. The lowest BCUT2D eigenvalue weighted by Gasteiger charge is -1.98. The van der Waals surface area contributed by atoms with Gasteiger partial charge in [0.1, 0.15) is 0 Å². The molecule has 1 rings (SSSR count). The zero-order valence-corrected chi connectivity index (χ0v) is 6.60. The fourth-order valence-corrected chi connectivity index (χ4v) is 0.834. The highest BCUT2D eigenvalue weighted by atomic mass is 14.8. The smallest absolute Gasteiger partial charge is 0.0770 e. The second kappa shape index (κ2) is 2.37. The highest BCUT2D eigenvalue weighted by Crippen LogP contribution is 2.16. The molecular formula is C8H12N2. The van der Waals surface area contributed by atoms with E-state index in [0.29, 0.717) is 11.6 Å². The third-order valence-corrected chi connectivity index (χ3v) is 1.57. The number of hydrogen-bond donors (Lipinski definition) is 1. The first-order chi connectivity index (χ1) is 4.61. The Morgan fingerprint density at radius 3 is 2.30 bits per heavy atom. The summed E-state index contributed by atoms with van der Waals surface area (Å²) in [6.07, 6.45) is 1.83. The van der Waals surface area contributed by atoms with Gasteiger partial charge in [-0.3, -0.25) is 10.4 Å². The molecule has 0 aliphatic carbocycles. The molecule has 0 spiro atoms. The molecule has 10 heavy (non-hydrogen) atoms. The molecule has 0 atom stereocenters. The van der Waals surface area contributed by atoms with Gasteiger partial charge in [-0.1, -0.05) is 13.8 Å². The molecule has 0 radical (unpaired) electrons. The Morgan fingerprint density at radius 2 is 2.10 bits per heavy atom. The van der Waals surface area contributed by atoms with Crippen molar-refractivity contribution in [3.05, 3.63) is 11.8 Å². The molecule has 0 aromatic rings. The number of aliphatic imine (C=N–C) groups is 1. The van der Waals surface area contributed by atoms with Crippen LogP contribution in [0.1, 0.15) is 20.8 Å². The van der Waals surface area contributed by atoms with Gasteiger partial charge in [-0.05, 0) is 18.9 Å². The van der Waals surface area contributed by atoms with Crippen LogP contribution in [-0.2, 0) is 0 Å². The minimum Gasteiger partial charge on any atom is -0.299 e. The van der Waals surface area contributed by atoms with Crippen LogP contribution < -0.4 is 0 Å². The highest BCUT2D eigenvalue weighted by Gasteiger charge is 2.11. The van der Waals surface area contributed by atoms with Gasteiger partial charge >= 0.3 is 0 Å². The van der Waals surface area contributed by atoms with Crippen LogP contribution in [0.3, 0.4) is 0 Å². The standard InChI is InChI=1S/C8H12N2/c1-5(2)8-4-7(9)6(3)10-8/h4-5,9H,1-3H3. The largest absolute Gasteiger partial charge is 0.299 e. The van der Waals surface area contributed by atoms with Gasteiger partial charge in [0.15, 0.2) is 0 Å². The summed E-state index contributed by atoms with van der Waals surface area (Å²) in [5.41, 5.74) is 2.43. The van der Waals surface area contributed by atoms with Gasteiger partial charge in [0, 0.05) is 5.70 Å². The average molecular weight is 136 g/mol. The Hall–Kier alpha value is -0.920.